The number of rotatable bonds is 4. The molecule has 118 valence electrons. The maximum atomic E-state index is 11.8. The van der Waals surface area contributed by atoms with Crippen molar-refractivity contribution < 1.29 is 18.3 Å². The van der Waals surface area contributed by atoms with Crippen molar-refractivity contribution in [2.45, 2.75) is 11.4 Å². The predicted molar refractivity (Wildman–Crippen MR) is 75.9 cm³/mol. The molecule has 0 atom stereocenters. The Morgan fingerprint density at radius 2 is 2.00 bits per heavy atom. The van der Waals surface area contributed by atoms with Gasteiger partial charge in [0.2, 0.25) is 0 Å². The second-order valence-electron chi connectivity index (χ2n) is 4.52. The molecule has 0 amide bonds. The first-order valence-corrected chi connectivity index (χ1v) is 8.11. The molecule has 11 heteroatoms. The molecule has 0 saturated heterocycles. The molecule has 0 radical (unpaired) electrons. The number of carbonyl (C=O) groups is 1. The number of sulfone groups is 1. The number of benzene rings is 1. The Kier molecular flexibility index (Phi) is 4.07. The van der Waals surface area contributed by atoms with Gasteiger partial charge in [-0.25, -0.2) is 18.0 Å². The highest BCUT2D eigenvalue weighted by atomic mass is 35.5. The Bertz CT molecular complexity index is 915. The molecular weight excluding hydrogens is 336 g/mol. The molecule has 1 N–H and O–H groups in total. The molecule has 1 aromatic heterocycles. The van der Waals surface area contributed by atoms with Crippen LogP contribution < -0.4 is 5.69 Å². The van der Waals surface area contributed by atoms with E-state index in [4.69, 9.17) is 16.7 Å². The first-order chi connectivity index (χ1) is 10.1. The molecule has 1 aromatic carbocycles. The average molecular weight is 347 g/mol. The van der Waals surface area contributed by atoms with Gasteiger partial charge in [0.05, 0.1) is 22.0 Å². The molecule has 22 heavy (non-hydrogen) atoms. The van der Waals surface area contributed by atoms with E-state index in [1.54, 1.807) is 0 Å². The largest absolute Gasteiger partial charge is 0.478 e. The van der Waals surface area contributed by atoms with Gasteiger partial charge in [0, 0.05) is 18.9 Å². The van der Waals surface area contributed by atoms with Crippen molar-refractivity contribution in [3.63, 3.8) is 0 Å². The topological polar surface area (TPSA) is 124 Å². The normalized spacial score (nSPS) is 11.6. The van der Waals surface area contributed by atoms with Crippen molar-refractivity contribution in [2.75, 3.05) is 6.26 Å². The molecule has 0 aliphatic rings. The van der Waals surface area contributed by atoms with Crippen LogP contribution in [-0.4, -0.2) is 45.5 Å². The average Bonchev–Trinajstić information content (AvgIpc) is 2.71. The fraction of sp³-hybridized carbons (Fsp3) is 0.273. The molecular formula is C11H11ClN4O5S. The maximum Gasteiger partial charge on any atom is 0.363 e. The van der Waals surface area contributed by atoms with Crippen LogP contribution in [0.1, 0.15) is 15.9 Å². The van der Waals surface area contributed by atoms with Crippen molar-refractivity contribution in [1.82, 2.24) is 19.8 Å². The predicted octanol–water partition coefficient (Wildman–Crippen LogP) is -0.220. The lowest BCUT2D eigenvalue weighted by molar-refractivity contribution is 0.0697. The fourth-order valence-corrected chi connectivity index (χ4v) is 3.16. The first kappa shape index (κ1) is 16.2. The van der Waals surface area contributed by atoms with Crippen LogP contribution in [0.2, 0.25) is 5.02 Å². The van der Waals surface area contributed by atoms with Gasteiger partial charge in [-0.1, -0.05) is 11.6 Å². The Morgan fingerprint density at radius 3 is 2.45 bits per heavy atom. The minimum absolute atomic E-state index is 0.0216. The third-order valence-corrected chi connectivity index (χ3v) is 4.53. The summed E-state index contributed by atoms with van der Waals surface area (Å²) < 4.78 is 25.5. The van der Waals surface area contributed by atoms with Gasteiger partial charge in [-0.05, 0) is 22.6 Å². The van der Waals surface area contributed by atoms with Crippen molar-refractivity contribution in [1.29, 1.82) is 0 Å². The number of hydrogen-bond donors (Lipinski definition) is 1. The third-order valence-electron chi connectivity index (χ3n) is 2.92. The minimum atomic E-state index is -3.67. The van der Waals surface area contributed by atoms with Crippen LogP contribution in [0.25, 0.3) is 0 Å². The van der Waals surface area contributed by atoms with Crippen LogP contribution in [0.15, 0.2) is 21.8 Å². The summed E-state index contributed by atoms with van der Waals surface area (Å²) in [6.45, 7) is -0.310. The molecule has 0 saturated carbocycles. The van der Waals surface area contributed by atoms with Crippen molar-refractivity contribution in [2.24, 2.45) is 7.05 Å². The van der Waals surface area contributed by atoms with Crippen LogP contribution in [0.4, 0.5) is 0 Å². The van der Waals surface area contributed by atoms with Crippen LogP contribution in [-0.2, 0) is 23.4 Å². The van der Waals surface area contributed by atoms with Crippen molar-refractivity contribution in [3.05, 3.63) is 38.8 Å². The highest BCUT2D eigenvalue weighted by molar-refractivity contribution is 7.90. The lowest BCUT2D eigenvalue weighted by Gasteiger charge is -2.11. The van der Waals surface area contributed by atoms with Crippen LogP contribution in [0, 0.1) is 0 Å². The molecule has 1 heterocycles. The highest BCUT2D eigenvalue weighted by Crippen LogP contribution is 2.28. The number of carboxylic acid groups (broad SMARTS) is 1. The van der Waals surface area contributed by atoms with Crippen LogP contribution in [0.5, 0.6) is 0 Å². The monoisotopic (exact) mass is 346 g/mol. The zero-order valence-corrected chi connectivity index (χ0v) is 13.1. The Balaban J connectivity index is 2.70. The van der Waals surface area contributed by atoms with Crippen LogP contribution >= 0.6 is 11.6 Å². The summed E-state index contributed by atoms with van der Waals surface area (Å²) in [5, 5.41) is 15.9. The third kappa shape index (κ3) is 2.88. The minimum Gasteiger partial charge on any atom is -0.478 e. The molecule has 0 bridgehead atoms. The molecule has 2 aromatic rings. The summed E-state index contributed by atoms with van der Waals surface area (Å²) in [5.41, 5.74) is -0.871. The number of carboxylic acids is 1. The lowest BCUT2D eigenvalue weighted by atomic mass is 10.1. The Morgan fingerprint density at radius 1 is 1.36 bits per heavy atom. The Hall–Kier alpha value is -2.20. The number of aromatic carboxylic acids is 1. The number of nitrogens with zero attached hydrogens (tertiary/aromatic N) is 4. The molecule has 0 aliphatic heterocycles. The molecule has 0 spiro atoms. The number of tetrazole rings is 1. The van der Waals surface area contributed by atoms with Crippen molar-refractivity contribution in [3.8, 4) is 0 Å². The summed E-state index contributed by atoms with van der Waals surface area (Å²) in [6, 6.07) is 2.24. The van der Waals surface area contributed by atoms with E-state index in [1.165, 1.54) is 7.05 Å². The van der Waals surface area contributed by atoms with Gasteiger partial charge in [0.1, 0.15) is 0 Å². The second kappa shape index (κ2) is 5.54. The van der Waals surface area contributed by atoms with E-state index in [-0.39, 0.29) is 27.6 Å². The highest BCUT2D eigenvalue weighted by Gasteiger charge is 2.22. The summed E-state index contributed by atoms with van der Waals surface area (Å²) in [7, 11) is -2.30. The fourth-order valence-electron chi connectivity index (χ4n) is 1.86. The van der Waals surface area contributed by atoms with Gasteiger partial charge < -0.3 is 5.11 Å². The summed E-state index contributed by atoms with van der Waals surface area (Å²) >= 11 is 6.01. The van der Waals surface area contributed by atoms with Gasteiger partial charge in [-0.2, -0.15) is 9.36 Å². The zero-order valence-electron chi connectivity index (χ0n) is 11.5. The van der Waals surface area contributed by atoms with Crippen molar-refractivity contribution >= 4 is 27.4 Å². The van der Waals surface area contributed by atoms with E-state index in [0.717, 1.165) is 27.8 Å². The summed E-state index contributed by atoms with van der Waals surface area (Å²) in [6.07, 6.45) is 0.960. The lowest BCUT2D eigenvalue weighted by Crippen LogP contribution is -2.24. The van der Waals surface area contributed by atoms with Gasteiger partial charge in [-0.15, -0.1) is 0 Å². The molecule has 0 aliphatic carbocycles. The second-order valence-corrected chi connectivity index (χ2v) is 6.89. The van der Waals surface area contributed by atoms with E-state index in [2.05, 4.69) is 10.4 Å². The summed E-state index contributed by atoms with van der Waals surface area (Å²) in [4.78, 5) is 22.7. The number of aryl methyl sites for hydroxylation is 1. The van der Waals surface area contributed by atoms with E-state index >= 15 is 0 Å². The van der Waals surface area contributed by atoms with Gasteiger partial charge in [0.25, 0.3) is 0 Å². The van der Waals surface area contributed by atoms with Gasteiger partial charge in [-0.3, -0.25) is 0 Å². The number of aromatic nitrogens is 4. The molecule has 0 fully saturated rings. The summed E-state index contributed by atoms with van der Waals surface area (Å²) in [5.74, 6) is -1.31. The maximum absolute atomic E-state index is 11.8. The van der Waals surface area contributed by atoms with E-state index in [9.17, 15) is 18.0 Å². The Labute approximate surface area is 129 Å². The van der Waals surface area contributed by atoms with E-state index in [0.29, 0.717) is 0 Å². The van der Waals surface area contributed by atoms with Gasteiger partial charge >= 0.3 is 11.7 Å². The van der Waals surface area contributed by atoms with Crippen LogP contribution in [0.3, 0.4) is 0 Å². The van der Waals surface area contributed by atoms with Gasteiger partial charge in [0.15, 0.2) is 9.84 Å². The molecule has 9 nitrogen and oxygen atoms in total. The smallest absolute Gasteiger partial charge is 0.363 e. The van der Waals surface area contributed by atoms with E-state index in [1.807, 2.05) is 0 Å². The molecule has 2 rings (SSSR count). The SMILES string of the molecule is Cn1nnn(Cc2c(S(C)(=O)=O)ccc(C(=O)O)c2Cl)c1=O. The van der Waals surface area contributed by atoms with E-state index < -0.39 is 21.5 Å². The standard InChI is InChI=1S/C11H11ClN4O5S/c1-15-11(19)16(14-13-15)5-7-8(22(2,20)21)4-3-6(9(7)12)10(17)18/h3-4H,5H2,1-2H3,(H,17,18). The quantitative estimate of drug-likeness (QED) is 0.811. The molecule has 0 unspecified atom stereocenters. The number of hydrogen-bond acceptors (Lipinski definition) is 6. The first-order valence-electron chi connectivity index (χ1n) is 5.84. The number of halogens is 1. The zero-order chi connectivity index (χ0) is 16.7.